The fourth-order valence-corrected chi connectivity index (χ4v) is 3.37. The van der Waals surface area contributed by atoms with E-state index in [0.717, 1.165) is 0 Å². The number of nitrogens with zero attached hydrogens (tertiary/aromatic N) is 2. The Morgan fingerprint density at radius 3 is 2.42 bits per heavy atom. The summed E-state index contributed by atoms with van der Waals surface area (Å²) < 4.78 is 32.4. The molecule has 19 heavy (non-hydrogen) atoms. The zero-order chi connectivity index (χ0) is 14.5. The van der Waals surface area contributed by atoms with Gasteiger partial charge < -0.3 is 10.1 Å². The summed E-state index contributed by atoms with van der Waals surface area (Å²) in [6.07, 6.45) is 0. The normalized spacial score (nSPS) is 17.9. The standard InChI is InChI=1S/C11H23N3O4S/c1-4-13(9-11(15)12-10(2)3)19(16,17)14-5-7-18-8-6-14/h10H,4-9H2,1-3H3,(H,12,15). The molecule has 0 unspecified atom stereocenters. The van der Waals surface area contributed by atoms with Crippen LogP contribution in [0.1, 0.15) is 20.8 Å². The van der Waals surface area contributed by atoms with Gasteiger partial charge >= 0.3 is 0 Å². The zero-order valence-electron chi connectivity index (χ0n) is 11.8. The highest BCUT2D eigenvalue weighted by Gasteiger charge is 2.31. The molecule has 0 aromatic carbocycles. The van der Waals surface area contributed by atoms with Crippen molar-refractivity contribution in [1.82, 2.24) is 13.9 Å². The van der Waals surface area contributed by atoms with E-state index in [9.17, 15) is 13.2 Å². The number of carbonyl (C=O) groups excluding carboxylic acids is 1. The molecule has 0 saturated carbocycles. The second-order valence-electron chi connectivity index (χ2n) is 4.67. The fraction of sp³-hybridized carbons (Fsp3) is 0.909. The van der Waals surface area contributed by atoms with Crippen molar-refractivity contribution < 1.29 is 17.9 Å². The summed E-state index contributed by atoms with van der Waals surface area (Å²) in [7, 11) is -3.58. The Kier molecular flexibility index (Phi) is 6.18. The molecule has 0 bridgehead atoms. The lowest BCUT2D eigenvalue weighted by molar-refractivity contribution is -0.121. The average molecular weight is 293 g/mol. The van der Waals surface area contributed by atoms with E-state index in [1.54, 1.807) is 6.92 Å². The lowest BCUT2D eigenvalue weighted by atomic mass is 10.4. The van der Waals surface area contributed by atoms with Gasteiger partial charge in [-0.15, -0.1) is 0 Å². The molecule has 1 fully saturated rings. The van der Waals surface area contributed by atoms with Crippen LogP contribution in [0.2, 0.25) is 0 Å². The van der Waals surface area contributed by atoms with Crippen molar-refractivity contribution in [3.8, 4) is 0 Å². The lowest BCUT2D eigenvalue weighted by Gasteiger charge is -2.31. The van der Waals surface area contributed by atoms with Gasteiger partial charge in [0.05, 0.1) is 19.8 Å². The molecule has 0 aliphatic carbocycles. The Morgan fingerprint density at radius 2 is 1.95 bits per heavy atom. The third kappa shape index (κ3) is 4.72. The minimum Gasteiger partial charge on any atom is -0.379 e. The first kappa shape index (κ1) is 16.4. The Labute approximate surface area is 115 Å². The van der Waals surface area contributed by atoms with E-state index < -0.39 is 10.2 Å². The number of hydrogen-bond donors (Lipinski definition) is 1. The number of ether oxygens (including phenoxy) is 1. The molecular formula is C11H23N3O4S. The fourth-order valence-electron chi connectivity index (χ4n) is 1.82. The first-order chi connectivity index (χ1) is 8.87. The molecule has 0 spiro atoms. The van der Waals surface area contributed by atoms with E-state index >= 15 is 0 Å². The van der Waals surface area contributed by atoms with E-state index in [2.05, 4.69) is 5.32 Å². The van der Waals surface area contributed by atoms with Crippen molar-refractivity contribution >= 4 is 16.1 Å². The Balaban J connectivity index is 2.69. The minimum absolute atomic E-state index is 0.00250. The summed E-state index contributed by atoms with van der Waals surface area (Å²) in [6.45, 7) is 6.99. The highest BCUT2D eigenvalue weighted by atomic mass is 32.2. The molecule has 8 heteroatoms. The van der Waals surface area contributed by atoms with Crippen LogP contribution in [-0.4, -0.2) is 68.4 Å². The van der Waals surface area contributed by atoms with Gasteiger partial charge in [-0.1, -0.05) is 6.92 Å². The van der Waals surface area contributed by atoms with E-state index in [0.29, 0.717) is 26.3 Å². The largest absolute Gasteiger partial charge is 0.379 e. The minimum atomic E-state index is -3.58. The van der Waals surface area contributed by atoms with Crippen molar-refractivity contribution in [2.75, 3.05) is 39.4 Å². The summed E-state index contributed by atoms with van der Waals surface area (Å²) >= 11 is 0. The van der Waals surface area contributed by atoms with Crippen molar-refractivity contribution in [2.45, 2.75) is 26.8 Å². The Hall–Kier alpha value is -0.700. The summed E-state index contributed by atoms with van der Waals surface area (Å²) in [5, 5.41) is 2.69. The molecule has 1 aliphatic rings. The van der Waals surface area contributed by atoms with Crippen LogP contribution in [0.15, 0.2) is 0 Å². The molecular weight excluding hydrogens is 270 g/mol. The third-order valence-corrected chi connectivity index (χ3v) is 4.80. The smallest absolute Gasteiger partial charge is 0.282 e. The van der Waals surface area contributed by atoms with Gasteiger partial charge in [-0.25, -0.2) is 0 Å². The second-order valence-corrected chi connectivity index (χ2v) is 6.60. The summed E-state index contributed by atoms with van der Waals surface area (Å²) in [4.78, 5) is 11.7. The van der Waals surface area contributed by atoms with Gasteiger partial charge in [0, 0.05) is 25.7 Å². The van der Waals surface area contributed by atoms with Gasteiger partial charge in [-0.3, -0.25) is 4.79 Å². The number of amides is 1. The van der Waals surface area contributed by atoms with Gasteiger partial charge in [0.1, 0.15) is 0 Å². The maximum atomic E-state index is 12.4. The van der Waals surface area contributed by atoms with Crippen LogP contribution >= 0.6 is 0 Å². The number of nitrogens with one attached hydrogen (secondary N) is 1. The van der Waals surface area contributed by atoms with E-state index in [1.165, 1.54) is 8.61 Å². The molecule has 0 atom stereocenters. The van der Waals surface area contributed by atoms with Crippen LogP contribution in [0.25, 0.3) is 0 Å². The molecule has 112 valence electrons. The van der Waals surface area contributed by atoms with Gasteiger partial charge in [0.25, 0.3) is 10.2 Å². The van der Waals surface area contributed by atoms with Crippen LogP contribution in [0.5, 0.6) is 0 Å². The molecule has 1 saturated heterocycles. The topological polar surface area (TPSA) is 79.0 Å². The number of likely N-dealkylation sites (N-methyl/N-ethyl adjacent to an activating group) is 1. The van der Waals surface area contributed by atoms with Crippen LogP contribution in [0, 0.1) is 0 Å². The van der Waals surface area contributed by atoms with Crippen LogP contribution in [0.4, 0.5) is 0 Å². The first-order valence-electron chi connectivity index (χ1n) is 6.50. The number of hydrogen-bond acceptors (Lipinski definition) is 4. The summed E-state index contributed by atoms with van der Waals surface area (Å²) in [5.41, 5.74) is 0. The average Bonchev–Trinajstić information content (AvgIpc) is 2.36. The van der Waals surface area contributed by atoms with Crippen molar-refractivity contribution in [3.05, 3.63) is 0 Å². The van der Waals surface area contributed by atoms with Crippen LogP contribution < -0.4 is 5.32 Å². The Bertz CT molecular complexity index is 391. The van der Waals surface area contributed by atoms with E-state index in [1.807, 2.05) is 13.8 Å². The van der Waals surface area contributed by atoms with Gasteiger partial charge in [-0.05, 0) is 13.8 Å². The van der Waals surface area contributed by atoms with Crippen LogP contribution in [-0.2, 0) is 19.7 Å². The predicted molar refractivity (Wildman–Crippen MR) is 71.8 cm³/mol. The maximum Gasteiger partial charge on any atom is 0.282 e. The van der Waals surface area contributed by atoms with E-state index in [-0.39, 0.29) is 25.0 Å². The highest BCUT2D eigenvalue weighted by Crippen LogP contribution is 2.10. The highest BCUT2D eigenvalue weighted by molar-refractivity contribution is 7.86. The van der Waals surface area contributed by atoms with Crippen LogP contribution in [0.3, 0.4) is 0 Å². The monoisotopic (exact) mass is 293 g/mol. The Morgan fingerprint density at radius 1 is 1.37 bits per heavy atom. The first-order valence-corrected chi connectivity index (χ1v) is 7.90. The molecule has 1 heterocycles. The number of rotatable bonds is 6. The van der Waals surface area contributed by atoms with Gasteiger partial charge in [-0.2, -0.15) is 17.0 Å². The van der Waals surface area contributed by atoms with Gasteiger partial charge in [0.2, 0.25) is 5.91 Å². The zero-order valence-corrected chi connectivity index (χ0v) is 12.6. The molecule has 1 rings (SSSR count). The summed E-state index contributed by atoms with van der Waals surface area (Å²) in [5.74, 6) is -0.284. The molecule has 0 aromatic rings. The predicted octanol–water partition coefficient (Wildman–Crippen LogP) is -0.590. The quantitative estimate of drug-likeness (QED) is 0.710. The second kappa shape index (κ2) is 7.18. The molecule has 1 amide bonds. The van der Waals surface area contributed by atoms with Crippen molar-refractivity contribution in [1.29, 1.82) is 0 Å². The lowest BCUT2D eigenvalue weighted by Crippen LogP contribution is -2.51. The maximum absolute atomic E-state index is 12.4. The van der Waals surface area contributed by atoms with Crippen molar-refractivity contribution in [2.24, 2.45) is 0 Å². The van der Waals surface area contributed by atoms with Crippen molar-refractivity contribution in [3.63, 3.8) is 0 Å². The molecule has 0 aromatic heterocycles. The molecule has 1 N–H and O–H groups in total. The molecule has 7 nitrogen and oxygen atoms in total. The number of carbonyl (C=O) groups is 1. The number of morpholine rings is 1. The third-order valence-electron chi connectivity index (χ3n) is 2.74. The SMILES string of the molecule is CCN(CC(=O)NC(C)C)S(=O)(=O)N1CCOCC1. The summed E-state index contributed by atoms with van der Waals surface area (Å²) in [6, 6.07) is -0.00250. The van der Waals surface area contributed by atoms with E-state index in [4.69, 9.17) is 4.74 Å². The molecule has 1 aliphatic heterocycles. The van der Waals surface area contributed by atoms with Gasteiger partial charge in [0.15, 0.2) is 0 Å². The molecule has 0 radical (unpaired) electrons.